The molecular weight excluding hydrogens is 418 g/mol. The third kappa shape index (κ3) is 4.00. The van der Waals surface area contributed by atoms with Gasteiger partial charge in [0, 0.05) is 59.0 Å². The summed E-state index contributed by atoms with van der Waals surface area (Å²) in [4.78, 5) is 12.0. The highest BCUT2D eigenvalue weighted by atomic mass is 35.5. The molecule has 0 amide bonds. The Hall–Kier alpha value is -3.18. The van der Waals surface area contributed by atoms with Crippen molar-refractivity contribution in [2.24, 2.45) is 0 Å². The van der Waals surface area contributed by atoms with Crippen molar-refractivity contribution in [3.8, 4) is 11.3 Å². The van der Waals surface area contributed by atoms with Crippen LogP contribution in [0.3, 0.4) is 0 Å². The van der Waals surface area contributed by atoms with Gasteiger partial charge in [0.25, 0.3) is 0 Å². The van der Waals surface area contributed by atoms with Gasteiger partial charge >= 0.3 is 0 Å². The molecular formula is C26H26ClN5. The first-order valence-electron chi connectivity index (χ1n) is 10.9. The predicted molar refractivity (Wildman–Crippen MR) is 129 cm³/mol. The molecule has 1 aliphatic rings. The molecule has 5 rings (SSSR count). The van der Waals surface area contributed by atoms with Gasteiger partial charge in [0.05, 0.1) is 5.69 Å². The third-order valence-corrected chi connectivity index (χ3v) is 6.37. The molecule has 0 radical (unpaired) electrons. The molecule has 0 bridgehead atoms. The number of anilines is 1. The number of aromatic amines is 1. The van der Waals surface area contributed by atoms with Crippen LogP contribution in [0.5, 0.6) is 0 Å². The van der Waals surface area contributed by atoms with Gasteiger partial charge in [-0.05, 0) is 38.5 Å². The van der Waals surface area contributed by atoms with Gasteiger partial charge in [-0.25, -0.2) is 9.97 Å². The fraction of sp³-hybridized carbons (Fsp3) is 0.269. The highest BCUT2D eigenvalue weighted by Gasteiger charge is 2.26. The number of benzene rings is 2. The van der Waals surface area contributed by atoms with E-state index < -0.39 is 0 Å². The molecule has 0 saturated heterocycles. The van der Waals surface area contributed by atoms with Gasteiger partial charge in [0.15, 0.2) is 0 Å². The standard InChI is InChI=1S/C26H26ClN5/c1-16-7-9-19(10-8-16)13-22-17(2)28-18(3)29-26(22)32-12-11-24-23(15-32)25(31-30-24)20-5-4-6-21(27)14-20/h4-10,14H,11-13,15H2,1-3H3,(H,30,31). The van der Waals surface area contributed by atoms with Crippen molar-refractivity contribution in [3.05, 3.63) is 93.0 Å². The third-order valence-electron chi connectivity index (χ3n) is 6.14. The molecule has 0 atom stereocenters. The largest absolute Gasteiger partial charge is 0.351 e. The molecule has 3 heterocycles. The van der Waals surface area contributed by atoms with Gasteiger partial charge in [0.1, 0.15) is 11.6 Å². The molecule has 32 heavy (non-hydrogen) atoms. The molecule has 0 unspecified atom stereocenters. The topological polar surface area (TPSA) is 57.7 Å². The van der Waals surface area contributed by atoms with Gasteiger partial charge in [0.2, 0.25) is 0 Å². The first-order valence-corrected chi connectivity index (χ1v) is 11.3. The smallest absolute Gasteiger partial charge is 0.136 e. The van der Waals surface area contributed by atoms with Gasteiger partial charge in [-0.3, -0.25) is 5.10 Å². The molecule has 2 aromatic carbocycles. The summed E-state index contributed by atoms with van der Waals surface area (Å²) in [6, 6.07) is 16.6. The predicted octanol–water partition coefficient (Wildman–Crippen LogP) is 5.60. The fourth-order valence-electron chi connectivity index (χ4n) is 4.45. The van der Waals surface area contributed by atoms with E-state index in [1.165, 1.54) is 27.9 Å². The summed E-state index contributed by atoms with van der Waals surface area (Å²) in [5.41, 5.74) is 9.18. The van der Waals surface area contributed by atoms with Crippen molar-refractivity contribution in [1.82, 2.24) is 20.2 Å². The first kappa shape index (κ1) is 20.7. The summed E-state index contributed by atoms with van der Waals surface area (Å²) in [6.07, 6.45) is 1.71. The second-order valence-corrected chi connectivity index (χ2v) is 8.97. The highest BCUT2D eigenvalue weighted by molar-refractivity contribution is 6.30. The maximum absolute atomic E-state index is 6.25. The summed E-state index contributed by atoms with van der Waals surface area (Å²) in [5.74, 6) is 1.83. The Kier molecular flexibility index (Phi) is 5.43. The van der Waals surface area contributed by atoms with Gasteiger partial charge in [-0.15, -0.1) is 0 Å². The number of halogens is 1. The Bertz CT molecular complexity index is 1280. The normalized spacial score (nSPS) is 13.3. The first-order chi connectivity index (χ1) is 15.5. The number of nitrogens with one attached hydrogen (secondary N) is 1. The Labute approximate surface area is 193 Å². The monoisotopic (exact) mass is 443 g/mol. The Balaban J connectivity index is 1.52. The van der Waals surface area contributed by atoms with Crippen LogP contribution in [0.15, 0.2) is 48.5 Å². The van der Waals surface area contributed by atoms with Crippen LogP contribution < -0.4 is 4.90 Å². The van der Waals surface area contributed by atoms with E-state index in [0.29, 0.717) is 5.02 Å². The number of hydrogen-bond acceptors (Lipinski definition) is 4. The molecule has 0 fully saturated rings. The lowest BCUT2D eigenvalue weighted by Crippen LogP contribution is -2.32. The Morgan fingerprint density at radius 1 is 1.03 bits per heavy atom. The average Bonchev–Trinajstić information content (AvgIpc) is 3.20. The van der Waals surface area contributed by atoms with E-state index in [1.807, 2.05) is 25.1 Å². The molecule has 6 heteroatoms. The second kappa shape index (κ2) is 8.40. The molecule has 0 spiro atoms. The van der Waals surface area contributed by atoms with Gasteiger partial charge in [-0.1, -0.05) is 53.6 Å². The van der Waals surface area contributed by atoms with Crippen LogP contribution in [0.2, 0.25) is 5.02 Å². The van der Waals surface area contributed by atoms with Crippen LogP contribution in [0, 0.1) is 20.8 Å². The van der Waals surface area contributed by atoms with E-state index in [1.54, 1.807) is 0 Å². The zero-order chi connectivity index (χ0) is 22.2. The summed E-state index contributed by atoms with van der Waals surface area (Å²) >= 11 is 6.25. The average molecular weight is 444 g/mol. The fourth-order valence-corrected chi connectivity index (χ4v) is 4.64. The lowest BCUT2D eigenvalue weighted by molar-refractivity contribution is 0.701. The molecule has 1 aliphatic heterocycles. The van der Waals surface area contributed by atoms with Crippen LogP contribution in [0.25, 0.3) is 11.3 Å². The van der Waals surface area contributed by atoms with E-state index in [4.69, 9.17) is 16.6 Å². The second-order valence-electron chi connectivity index (χ2n) is 8.53. The molecule has 162 valence electrons. The molecule has 1 N–H and O–H groups in total. The lowest BCUT2D eigenvalue weighted by atomic mass is 9.99. The Morgan fingerprint density at radius 3 is 2.62 bits per heavy atom. The molecule has 5 nitrogen and oxygen atoms in total. The quantitative estimate of drug-likeness (QED) is 0.446. The number of rotatable bonds is 4. The van der Waals surface area contributed by atoms with Crippen LogP contribution >= 0.6 is 11.6 Å². The molecule has 4 aromatic rings. The van der Waals surface area contributed by atoms with E-state index >= 15 is 0 Å². The number of hydrogen-bond donors (Lipinski definition) is 1. The minimum atomic E-state index is 0.717. The summed E-state index contributed by atoms with van der Waals surface area (Å²) < 4.78 is 0. The van der Waals surface area contributed by atoms with Crippen molar-refractivity contribution in [1.29, 1.82) is 0 Å². The Morgan fingerprint density at radius 2 is 1.84 bits per heavy atom. The zero-order valence-corrected chi connectivity index (χ0v) is 19.4. The lowest BCUT2D eigenvalue weighted by Gasteiger charge is -2.30. The number of nitrogens with zero attached hydrogens (tertiary/aromatic N) is 4. The minimum Gasteiger partial charge on any atom is -0.351 e. The van der Waals surface area contributed by atoms with Crippen molar-refractivity contribution in [2.75, 3.05) is 11.4 Å². The molecule has 0 aliphatic carbocycles. The van der Waals surface area contributed by atoms with Gasteiger partial charge in [-0.2, -0.15) is 5.10 Å². The summed E-state index contributed by atoms with van der Waals surface area (Å²) in [7, 11) is 0. The molecule has 2 aromatic heterocycles. The van der Waals surface area contributed by atoms with E-state index in [0.717, 1.165) is 54.5 Å². The molecule has 0 saturated carbocycles. The number of aryl methyl sites for hydroxylation is 3. The maximum Gasteiger partial charge on any atom is 0.136 e. The summed E-state index contributed by atoms with van der Waals surface area (Å²) in [5, 5.41) is 8.59. The van der Waals surface area contributed by atoms with Crippen LogP contribution in [-0.4, -0.2) is 26.7 Å². The van der Waals surface area contributed by atoms with Gasteiger partial charge < -0.3 is 4.90 Å². The van der Waals surface area contributed by atoms with Crippen LogP contribution in [0.4, 0.5) is 5.82 Å². The number of aromatic nitrogens is 4. The SMILES string of the molecule is Cc1ccc(Cc2c(C)nc(C)nc2N2CCc3[nH]nc(-c4cccc(Cl)c4)c3C2)cc1. The van der Waals surface area contributed by atoms with Crippen LogP contribution in [-0.2, 0) is 19.4 Å². The zero-order valence-electron chi connectivity index (χ0n) is 18.6. The summed E-state index contributed by atoms with van der Waals surface area (Å²) in [6.45, 7) is 7.82. The van der Waals surface area contributed by atoms with E-state index in [-0.39, 0.29) is 0 Å². The van der Waals surface area contributed by atoms with Crippen LogP contribution in [0.1, 0.15) is 39.5 Å². The minimum absolute atomic E-state index is 0.717. The number of fused-ring (bicyclic) bond motifs is 1. The van der Waals surface area contributed by atoms with Crippen molar-refractivity contribution in [2.45, 2.75) is 40.2 Å². The van der Waals surface area contributed by atoms with E-state index in [9.17, 15) is 0 Å². The highest BCUT2D eigenvalue weighted by Crippen LogP contribution is 2.33. The van der Waals surface area contributed by atoms with Crippen molar-refractivity contribution in [3.63, 3.8) is 0 Å². The van der Waals surface area contributed by atoms with Crippen molar-refractivity contribution >= 4 is 17.4 Å². The number of H-pyrrole nitrogens is 1. The van der Waals surface area contributed by atoms with Crippen molar-refractivity contribution < 1.29 is 0 Å². The maximum atomic E-state index is 6.25. The van der Waals surface area contributed by atoms with E-state index in [2.05, 4.69) is 64.3 Å².